The van der Waals surface area contributed by atoms with Crippen LogP contribution in [0.4, 0.5) is 19.3 Å². The van der Waals surface area contributed by atoms with Crippen LogP contribution in [0.15, 0.2) is 36.4 Å². The molecular weight excluding hydrogens is 666 g/mol. The molecule has 4 rings (SSSR count). The van der Waals surface area contributed by atoms with Crippen LogP contribution in [0.3, 0.4) is 0 Å². The van der Waals surface area contributed by atoms with Gasteiger partial charge in [0.05, 0.1) is 12.1 Å². The smallest absolute Gasteiger partial charge is 0.407 e. The quantitative estimate of drug-likeness (QED) is 0.217. The molecule has 2 aromatic carbocycles. The van der Waals surface area contributed by atoms with Crippen LogP contribution in [-0.2, 0) is 31.8 Å². The van der Waals surface area contributed by atoms with Crippen molar-refractivity contribution in [2.75, 3.05) is 51.5 Å². The lowest BCUT2D eigenvalue weighted by Gasteiger charge is -2.38. The number of hydrogen-bond donors (Lipinski definition) is 3. The molecule has 0 saturated carbocycles. The zero-order valence-electron chi connectivity index (χ0n) is 27.5. The number of likely N-dealkylation sites (N-methyl/N-ethyl adjacent to an activating group) is 1. The molecule has 2 saturated heterocycles. The van der Waals surface area contributed by atoms with E-state index in [1.807, 2.05) is 7.05 Å². The Morgan fingerprint density at radius 3 is 2.62 bits per heavy atom. The molecule has 2 aliphatic heterocycles. The standard InChI is InChI=1S/C34H47ClF2N4O6S/c1-41-21-24(38-20-25(41)5-4-18-48(44)45)10-12-27-29(36)6-3-7-31(27)39-33(42)32(40-34(43)46-2)26(11-8-22-14-16-47-17-15-22)23-9-13-28(35)30(37)19-23/h3,6-7,9,13,19,22,24-26,32,38H,4-5,8,10-12,14-18,20-21H2,1-2H3,(H,39,42)(H,40,43)(H,44,45)/p-1/t24?,25?,26-,32+/m1/s1. The second-order valence-corrected chi connectivity index (χ2v) is 14.1. The Hall–Kier alpha value is -2.68. The van der Waals surface area contributed by atoms with E-state index in [1.165, 1.54) is 31.4 Å². The molecule has 0 bridgehead atoms. The number of anilines is 1. The molecule has 2 aliphatic rings. The summed E-state index contributed by atoms with van der Waals surface area (Å²) < 4.78 is 62.2. The number of hydrogen-bond acceptors (Lipinski definition) is 8. The lowest BCUT2D eigenvalue weighted by atomic mass is 9.82. The number of benzene rings is 2. The fourth-order valence-corrected chi connectivity index (χ4v) is 7.21. The number of rotatable bonds is 15. The number of halogens is 3. The van der Waals surface area contributed by atoms with Crippen LogP contribution < -0.4 is 16.0 Å². The molecule has 2 fully saturated rings. The van der Waals surface area contributed by atoms with Gasteiger partial charge in [0, 0.05) is 61.3 Å². The third-order valence-electron chi connectivity index (χ3n) is 9.48. The summed E-state index contributed by atoms with van der Waals surface area (Å²) in [4.78, 5) is 28.8. The normalized spacial score (nSPS) is 20.9. The van der Waals surface area contributed by atoms with Gasteiger partial charge in [0.2, 0.25) is 5.91 Å². The lowest BCUT2D eigenvalue weighted by Crippen LogP contribution is -2.55. The molecule has 2 aromatic rings. The molecular formula is C34H46ClF2N4O6S-. The van der Waals surface area contributed by atoms with Gasteiger partial charge in [-0.3, -0.25) is 9.00 Å². The third kappa shape index (κ3) is 11.2. The van der Waals surface area contributed by atoms with Gasteiger partial charge in [-0.05, 0) is 94.2 Å². The first-order valence-electron chi connectivity index (χ1n) is 16.5. The van der Waals surface area contributed by atoms with Crippen LogP contribution in [0.25, 0.3) is 0 Å². The Kier molecular flexibility index (Phi) is 15.0. The Morgan fingerprint density at radius 2 is 1.94 bits per heavy atom. The van der Waals surface area contributed by atoms with E-state index in [1.54, 1.807) is 12.1 Å². The summed E-state index contributed by atoms with van der Waals surface area (Å²) in [6.45, 7) is 2.70. The van der Waals surface area contributed by atoms with Gasteiger partial charge < -0.3 is 34.9 Å². The van der Waals surface area contributed by atoms with Crippen molar-refractivity contribution >= 4 is 40.4 Å². The maximum Gasteiger partial charge on any atom is 0.407 e. The third-order valence-corrected chi connectivity index (χ3v) is 10.4. The molecule has 10 nitrogen and oxygen atoms in total. The number of alkyl carbamates (subject to hydrolysis) is 1. The molecule has 3 unspecified atom stereocenters. The van der Waals surface area contributed by atoms with Gasteiger partial charge in [0.15, 0.2) is 0 Å². The minimum absolute atomic E-state index is 0.0561. The number of amides is 2. The summed E-state index contributed by atoms with van der Waals surface area (Å²) in [5.41, 5.74) is 1.12. The van der Waals surface area contributed by atoms with Crippen molar-refractivity contribution in [3.63, 3.8) is 0 Å². The van der Waals surface area contributed by atoms with Crippen molar-refractivity contribution in [2.45, 2.75) is 75.4 Å². The van der Waals surface area contributed by atoms with Gasteiger partial charge in [-0.2, -0.15) is 0 Å². The van der Waals surface area contributed by atoms with E-state index in [2.05, 4.69) is 20.9 Å². The average Bonchev–Trinajstić information content (AvgIpc) is 3.06. The van der Waals surface area contributed by atoms with E-state index in [9.17, 15) is 22.7 Å². The number of nitrogens with zero attached hydrogens (tertiary/aromatic N) is 1. The van der Waals surface area contributed by atoms with Crippen molar-refractivity contribution in [1.82, 2.24) is 15.5 Å². The van der Waals surface area contributed by atoms with Crippen molar-refractivity contribution in [2.24, 2.45) is 5.92 Å². The Bertz CT molecular complexity index is 1400. The zero-order valence-corrected chi connectivity index (χ0v) is 29.1. The van der Waals surface area contributed by atoms with E-state index in [0.29, 0.717) is 69.0 Å². The predicted octanol–water partition coefficient (Wildman–Crippen LogP) is 5.14. The number of piperazine rings is 1. The fraction of sp³-hybridized carbons (Fsp3) is 0.588. The number of carbonyl (C=O) groups is 2. The highest BCUT2D eigenvalue weighted by atomic mass is 35.5. The largest absolute Gasteiger partial charge is 0.772 e. The highest BCUT2D eigenvalue weighted by Crippen LogP contribution is 2.33. The zero-order chi connectivity index (χ0) is 34.6. The molecule has 266 valence electrons. The average molecular weight is 712 g/mol. The first-order chi connectivity index (χ1) is 23.0. The number of carbonyl (C=O) groups excluding carboxylic acids is 2. The highest BCUT2D eigenvalue weighted by Gasteiger charge is 2.34. The SMILES string of the molecule is COC(=O)N[C@H](C(=O)Nc1cccc(F)c1CCC1CN(C)C(CCCS(=O)[O-])CN1)[C@H](CCC1CCOCC1)c1ccc(Cl)c(F)c1. The molecule has 2 heterocycles. The number of ether oxygens (including phenoxy) is 2. The molecule has 0 spiro atoms. The maximum absolute atomic E-state index is 15.3. The summed E-state index contributed by atoms with van der Waals surface area (Å²) in [6.07, 6.45) is 4.35. The van der Waals surface area contributed by atoms with Crippen molar-refractivity contribution in [3.8, 4) is 0 Å². The Morgan fingerprint density at radius 1 is 1.17 bits per heavy atom. The Balaban J connectivity index is 1.50. The lowest BCUT2D eigenvalue weighted by molar-refractivity contribution is -0.118. The summed E-state index contributed by atoms with van der Waals surface area (Å²) in [5, 5.41) is 8.96. The molecule has 5 atom stereocenters. The fourth-order valence-electron chi connectivity index (χ4n) is 6.69. The molecule has 2 amide bonds. The first-order valence-corrected chi connectivity index (χ1v) is 18.1. The van der Waals surface area contributed by atoms with E-state index in [-0.39, 0.29) is 28.5 Å². The van der Waals surface area contributed by atoms with E-state index in [4.69, 9.17) is 21.1 Å². The predicted molar refractivity (Wildman–Crippen MR) is 181 cm³/mol. The minimum Gasteiger partial charge on any atom is -0.772 e. The summed E-state index contributed by atoms with van der Waals surface area (Å²) in [5.74, 6) is -1.84. The van der Waals surface area contributed by atoms with Gasteiger partial charge >= 0.3 is 6.09 Å². The first kappa shape index (κ1) is 38.1. The molecule has 0 radical (unpaired) electrons. The Labute approximate surface area is 288 Å². The van der Waals surface area contributed by atoms with Gasteiger partial charge in [0.1, 0.15) is 17.7 Å². The van der Waals surface area contributed by atoms with Gasteiger partial charge in [0.25, 0.3) is 0 Å². The maximum atomic E-state index is 15.3. The molecule has 3 N–H and O–H groups in total. The van der Waals surface area contributed by atoms with Crippen LogP contribution in [-0.4, -0.2) is 90.0 Å². The van der Waals surface area contributed by atoms with E-state index >= 15 is 4.39 Å². The number of methoxy groups -OCH3 is 1. The van der Waals surface area contributed by atoms with Crippen molar-refractivity contribution < 1.29 is 36.6 Å². The summed E-state index contributed by atoms with van der Waals surface area (Å²) in [7, 11) is 3.20. The van der Waals surface area contributed by atoms with Crippen LogP contribution in [0, 0.1) is 17.6 Å². The summed E-state index contributed by atoms with van der Waals surface area (Å²) >= 11 is 3.93. The van der Waals surface area contributed by atoms with E-state index in [0.717, 1.165) is 25.7 Å². The van der Waals surface area contributed by atoms with Crippen molar-refractivity contribution in [3.05, 3.63) is 64.2 Å². The van der Waals surface area contributed by atoms with Crippen LogP contribution >= 0.6 is 11.6 Å². The second-order valence-electron chi connectivity index (χ2n) is 12.7. The molecule has 48 heavy (non-hydrogen) atoms. The molecule has 14 heteroatoms. The van der Waals surface area contributed by atoms with Crippen LogP contribution in [0.5, 0.6) is 0 Å². The van der Waals surface area contributed by atoms with Crippen LogP contribution in [0.2, 0.25) is 5.02 Å². The van der Waals surface area contributed by atoms with Gasteiger partial charge in [-0.25, -0.2) is 13.6 Å². The van der Waals surface area contributed by atoms with Crippen LogP contribution in [0.1, 0.15) is 62.0 Å². The second kappa shape index (κ2) is 18.9. The van der Waals surface area contributed by atoms with Crippen molar-refractivity contribution in [1.29, 1.82) is 0 Å². The number of nitrogens with one attached hydrogen (secondary N) is 3. The monoisotopic (exact) mass is 711 g/mol. The highest BCUT2D eigenvalue weighted by molar-refractivity contribution is 7.79. The molecule has 0 aliphatic carbocycles. The minimum atomic E-state index is -2.05. The van der Waals surface area contributed by atoms with Gasteiger partial charge in [-0.15, -0.1) is 0 Å². The van der Waals surface area contributed by atoms with E-state index < -0.39 is 46.7 Å². The molecule has 0 aromatic heterocycles. The summed E-state index contributed by atoms with van der Waals surface area (Å²) in [6, 6.07) is 7.95. The topological polar surface area (TPSA) is 132 Å². The van der Waals surface area contributed by atoms with Gasteiger partial charge in [-0.1, -0.05) is 34.8 Å².